The van der Waals surface area contributed by atoms with Gasteiger partial charge in [-0.15, -0.1) is 0 Å². The summed E-state index contributed by atoms with van der Waals surface area (Å²) in [6, 6.07) is 2.04. The largest absolute Gasteiger partial charge is 0.481 e. The summed E-state index contributed by atoms with van der Waals surface area (Å²) in [4.78, 5) is 10.8. The van der Waals surface area contributed by atoms with E-state index in [2.05, 4.69) is 5.38 Å². The molecule has 1 rings (SSSR count). The van der Waals surface area contributed by atoms with Crippen molar-refractivity contribution in [3.8, 4) is 0 Å². The van der Waals surface area contributed by atoms with Crippen LogP contribution in [0.2, 0.25) is 0 Å². The average Bonchev–Trinajstić information content (AvgIpc) is 2.52. The lowest BCUT2D eigenvalue weighted by atomic mass is 9.87. The van der Waals surface area contributed by atoms with Gasteiger partial charge in [0.1, 0.15) is 0 Å². The third-order valence-corrected chi connectivity index (χ3v) is 2.93. The first kappa shape index (κ1) is 10.3. The lowest BCUT2D eigenvalue weighted by molar-refractivity contribution is -0.147. The van der Waals surface area contributed by atoms with Crippen molar-refractivity contribution in [1.82, 2.24) is 0 Å². The lowest BCUT2D eigenvalue weighted by Crippen LogP contribution is -2.24. The zero-order valence-corrected chi connectivity index (χ0v) is 8.73. The van der Waals surface area contributed by atoms with Crippen LogP contribution in [0, 0.1) is 5.41 Å². The molecule has 0 spiro atoms. The van der Waals surface area contributed by atoms with Crippen LogP contribution in [0.15, 0.2) is 16.8 Å². The molecule has 0 aliphatic heterocycles. The van der Waals surface area contributed by atoms with Crippen molar-refractivity contribution >= 4 is 17.3 Å². The smallest absolute Gasteiger partial charge is 0.309 e. The first-order valence-electron chi connectivity index (χ1n) is 4.27. The van der Waals surface area contributed by atoms with E-state index in [1.807, 2.05) is 11.4 Å². The Morgan fingerprint density at radius 2 is 2.31 bits per heavy atom. The maximum atomic E-state index is 10.8. The van der Waals surface area contributed by atoms with Crippen LogP contribution in [0.5, 0.6) is 0 Å². The predicted molar refractivity (Wildman–Crippen MR) is 54.1 cm³/mol. The van der Waals surface area contributed by atoms with Gasteiger partial charge in [0, 0.05) is 0 Å². The molecule has 0 aliphatic rings. The molecule has 1 aromatic rings. The number of hydrogen-bond donors (Lipinski definition) is 1. The van der Waals surface area contributed by atoms with E-state index in [1.165, 1.54) is 5.56 Å². The molecule has 0 saturated heterocycles. The fraction of sp³-hybridized carbons (Fsp3) is 0.500. The Balaban J connectivity index is 2.47. The number of thiophene rings is 1. The maximum absolute atomic E-state index is 10.8. The van der Waals surface area contributed by atoms with Crippen LogP contribution in [0.25, 0.3) is 0 Å². The summed E-state index contributed by atoms with van der Waals surface area (Å²) < 4.78 is 0. The van der Waals surface area contributed by atoms with Gasteiger partial charge in [-0.25, -0.2) is 0 Å². The zero-order chi connectivity index (χ0) is 9.90. The molecule has 0 atom stereocenters. The monoisotopic (exact) mass is 198 g/mol. The van der Waals surface area contributed by atoms with Gasteiger partial charge >= 0.3 is 5.97 Å². The van der Waals surface area contributed by atoms with Gasteiger partial charge in [0.15, 0.2) is 0 Å². The molecule has 0 radical (unpaired) electrons. The second-order valence-corrected chi connectivity index (χ2v) is 4.60. The van der Waals surface area contributed by atoms with E-state index < -0.39 is 11.4 Å². The van der Waals surface area contributed by atoms with E-state index in [1.54, 1.807) is 25.2 Å². The van der Waals surface area contributed by atoms with E-state index in [0.717, 1.165) is 6.42 Å². The molecule has 1 heterocycles. The van der Waals surface area contributed by atoms with Gasteiger partial charge in [0.25, 0.3) is 0 Å². The van der Waals surface area contributed by atoms with Gasteiger partial charge in [-0.3, -0.25) is 4.79 Å². The van der Waals surface area contributed by atoms with Gasteiger partial charge in [0.05, 0.1) is 5.41 Å². The average molecular weight is 198 g/mol. The highest BCUT2D eigenvalue weighted by Gasteiger charge is 2.26. The summed E-state index contributed by atoms with van der Waals surface area (Å²) in [5, 5.41) is 13.0. The van der Waals surface area contributed by atoms with Gasteiger partial charge in [0.2, 0.25) is 0 Å². The highest BCUT2D eigenvalue weighted by Crippen LogP contribution is 2.23. The normalized spacial score (nSPS) is 11.5. The molecule has 1 N–H and O–H groups in total. The SMILES string of the molecule is CC(C)(CCc1ccsc1)C(=O)O. The fourth-order valence-corrected chi connectivity index (χ4v) is 1.70. The second-order valence-electron chi connectivity index (χ2n) is 3.82. The number of rotatable bonds is 4. The van der Waals surface area contributed by atoms with Crippen molar-refractivity contribution in [2.24, 2.45) is 5.41 Å². The zero-order valence-electron chi connectivity index (χ0n) is 7.91. The lowest BCUT2D eigenvalue weighted by Gasteiger charge is -2.17. The van der Waals surface area contributed by atoms with Crippen LogP contribution in [0.1, 0.15) is 25.8 Å². The maximum Gasteiger partial charge on any atom is 0.309 e. The molecule has 1 aromatic heterocycles. The summed E-state index contributed by atoms with van der Waals surface area (Å²) in [5.74, 6) is -0.720. The highest BCUT2D eigenvalue weighted by atomic mass is 32.1. The fourth-order valence-electron chi connectivity index (χ4n) is 0.999. The number of carboxylic acids is 1. The Morgan fingerprint density at radius 3 is 2.77 bits per heavy atom. The molecule has 0 amide bonds. The minimum absolute atomic E-state index is 0.609. The number of hydrogen-bond acceptors (Lipinski definition) is 2. The Morgan fingerprint density at radius 1 is 1.62 bits per heavy atom. The molecular weight excluding hydrogens is 184 g/mol. The summed E-state index contributed by atoms with van der Waals surface area (Å²) >= 11 is 1.65. The van der Waals surface area contributed by atoms with Crippen LogP contribution >= 0.6 is 11.3 Å². The molecule has 0 fully saturated rings. The summed E-state index contributed by atoms with van der Waals surface area (Å²) in [6.45, 7) is 3.53. The van der Waals surface area contributed by atoms with Gasteiger partial charge in [-0.05, 0) is 49.1 Å². The molecule has 72 valence electrons. The first-order chi connectivity index (χ1) is 6.02. The summed E-state index contributed by atoms with van der Waals surface area (Å²) in [6.07, 6.45) is 1.54. The predicted octanol–water partition coefficient (Wildman–Crippen LogP) is 2.79. The van der Waals surface area contributed by atoms with E-state index in [9.17, 15) is 4.79 Å². The second kappa shape index (κ2) is 3.92. The summed E-state index contributed by atoms with van der Waals surface area (Å²) in [5.41, 5.74) is 0.626. The van der Waals surface area contributed by atoms with Gasteiger partial charge in [-0.1, -0.05) is 0 Å². The van der Waals surface area contributed by atoms with Crippen molar-refractivity contribution in [3.63, 3.8) is 0 Å². The van der Waals surface area contributed by atoms with Gasteiger partial charge in [-0.2, -0.15) is 11.3 Å². The van der Waals surface area contributed by atoms with E-state index in [-0.39, 0.29) is 0 Å². The minimum Gasteiger partial charge on any atom is -0.481 e. The first-order valence-corrected chi connectivity index (χ1v) is 5.21. The van der Waals surface area contributed by atoms with Crippen molar-refractivity contribution in [2.75, 3.05) is 0 Å². The van der Waals surface area contributed by atoms with E-state index >= 15 is 0 Å². The molecule has 13 heavy (non-hydrogen) atoms. The third-order valence-electron chi connectivity index (χ3n) is 2.20. The van der Waals surface area contributed by atoms with Crippen molar-refractivity contribution in [2.45, 2.75) is 26.7 Å². The molecule has 3 heteroatoms. The van der Waals surface area contributed by atoms with Crippen LogP contribution < -0.4 is 0 Å². The van der Waals surface area contributed by atoms with Crippen molar-refractivity contribution in [3.05, 3.63) is 22.4 Å². The highest BCUT2D eigenvalue weighted by molar-refractivity contribution is 7.07. The minimum atomic E-state index is -0.720. The number of aryl methyl sites for hydroxylation is 1. The molecule has 0 bridgehead atoms. The molecule has 0 saturated carbocycles. The van der Waals surface area contributed by atoms with Crippen molar-refractivity contribution < 1.29 is 9.90 Å². The molecular formula is C10H14O2S. The Kier molecular flexibility index (Phi) is 3.09. The Labute approximate surface area is 82.2 Å². The van der Waals surface area contributed by atoms with Gasteiger partial charge < -0.3 is 5.11 Å². The van der Waals surface area contributed by atoms with Crippen LogP contribution in [-0.4, -0.2) is 11.1 Å². The molecule has 0 aliphatic carbocycles. The summed E-state index contributed by atoms with van der Waals surface area (Å²) in [7, 11) is 0. The molecule has 0 aromatic carbocycles. The standard InChI is InChI=1S/C10H14O2S/c1-10(2,9(11)12)5-3-8-4-6-13-7-8/h4,6-7H,3,5H2,1-2H3,(H,11,12). The van der Waals surface area contributed by atoms with Crippen LogP contribution in [0.3, 0.4) is 0 Å². The number of carboxylic acid groups (broad SMARTS) is 1. The number of carbonyl (C=O) groups is 1. The topological polar surface area (TPSA) is 37.3 Å². The quantitative estimate of drug-likeness (QED) is 0.807. The van der Waals surface area contributed by atoms with E-state index in [0.29, 0.717) is 6.42 Å². The van der Waals surface area contributed by atoms with Crippen molar-refractivity contribution in [1.29, 1.82) is 0 Å². The molecule has 2 nitrogen and oxygen atoms in total. The third kappa shape index (κ3) is 2.84. The Bertz CT molecular complexity index is 275. The Hall–Kier alpha value is -0.830. The molecule has 0 unspecified atom stereocenters. The van der Waals surface area contributed by atoms with E-state index in [4.69, 9.17) is 5.11 Å². The number of aliphatic carboxylic acids is 1. The van der Waals surface area contributed by atoms with Crippen LogP contribution in [0.4, 0.5) is 0 Å². The van der Waals surface area contributed by atoms with Crippen LogP contribution in [-0.2, 0) is 11.2 Å².